The Morgan fingerprint density at radius 2 is 0.890 bits per heavy atom. The van der Waals surface area contributed by atoms with E-state index < -0.39 is 67.4 Å². The van der Waals surface area contributed by atoms with Gasteiger partial charge in [-0.15, -0.1) is 0 Å². The number of amides is 1. The molecule has 432 valence electrons. The lowest BCUT2D eigenvalue weighted by atomic mass is 9.99. The van der Waals surface area contributed by atoms with E-state index in [-0.39, 0.29) is 13.0 Å². The number of ether oxygens (including phenoxy) is 3. The summed E-state index contributed by atoms with van der Waals surface area (Å²) in [6, 6.07) is -1.02. The Balaban J connectivity index is 2.64. The lowest BCUT2D eigenvalue weighted by molar-refractivity contribution is -0.305. The van der Waals surface area contributed by atoms with Crippen molar-refractivity contribution < 1.29 is 49.3 Å². The minimum atomic E-state index is -1.61. The first-order valence-electron chi connectivity index (χ1n) is 31.5. The third-order valence-electron chi connectivity index (χ3n) is 15.2. The molecule has 1 rings (SSSR count). The van der Waals surface area contributed by atoms with Crippen molar-refractivity contribution in [2.24, 2.45) is 0 Å². The molecule has 0 aromatic heterocycles. The number of esters is 1. The molecule has 0 aromatic rings. The quantitative estimate of drug-likeness (QED) is 0.0195. The molecule has 0 radical (unpaired) electrons. The second-order valence-corrected chi connectivity index (χ2v) is 22.2. The highest BCUT2D eigenvalue weighted by Gasteiger charge is 2.47. The van der Waals surface area contributed by atoms with Gasteiger partial charge in [0.1, 0.15) is 24.4 Å². The predicted molar refractivity (Wildman–Crippen MR) is 301 cm³/mol. The van der Waals surface area contributed by atoms with E-state index >= 15 is 0 Å². The monoisotopic (exact) mass is 1040 g/mol. The second-order valence-electron chi connectivity index (χ2n) is 22.2. The van der Waals surface area contributed by atoms with Gasteiger partial charge in [-0.1, -0.05) is 290 Å². The van der Waals surface area contributed by atoms with Crippen molar-refractivity contribution in [3.63, 3.8) is 0 Å². The predicted octanol–water partition coefficient (Wildman–Crippen LogP) is 14.7. The number of nitrogens with one attached hydrogen (secondary N) is 1. The summed E-state index contributed by atoms with van der Waals surface area (Å²) in [5.41, 5.74) is 0. The van der Waals surface area contributed by atoms with Crippen molar-refractivity contribution in [3.8, 4) is 0 Å². The van der Waals surface area contributed by atoms with E-state index in [9.17, 15) is 35.1 Å². The Labute approximate surface area is 448 Å². The van der Waals surface area contributed by atoms with Crippen LogP contribution < -0.4 is 5.32 Å². The van der Waals surface area contributed by atoms with Crippen LogP contribution in [0.3, 0.4) is 0 Å². The van der Waals surface area contributed by atoms with Crippen LogP contribution in [0.1, 0.15) is 310 Å². The van der Waals surface area contributed by atoms with Gasteiger partial charge in [-0.3, -0.25) is 9.59 Å². The third kappa shape index (κ3) is 39.4. The first-order chi connectivity index (χ1) is 35.7. The Bertz CT molecular complexity index is 1240. The molecule has 1 amide bonds. The Kier molecular flexibility index (Phi) is 48.7. The summed E-state index contributed by atoms with van der Waals surface area (Å²) < 4.78 is 17.6. The molecular formula is C62H119NO10. The summed E-state index contributed by atoms with van der Waals surface area (Å²) in [5, 5.41) is 56.9. The van der Waals surface area contributed by atoms with Crippen LogP contribution in [0.15, 0.2) is 12.2 Å². The van der Waals surface area contributed by atoms with Crippen LogP contribution in [0, 0.1) is 0 Å². The van der Waals surface area contributed by atoms with Gasteiger partial charge in [0.2, 0.25) is 5.91 Å². The minimum Gasteiger partial charge on any atom is -0.454 e. The van der Waals surface area contributed by atoms with E-state index in [0.29, 0.717) is 19.3 Å². The van der Waals surface area contributed by atoms with Crippen LogP contribution in [0.2, 0.25) is 0 Å². The van der Waals surface area contributed by atoms with Crippen molar-refractivity contribution in [2.75, 3.05) is 13.2 Å². The standard InChI is InChI=1S/C62H119NO10/c1-4-7-10-13-16-19-22-24-26-27-28-30-31-34-37-40-43-46-49-55(66)61(70)63-53(54(65)48-45-42-39-36-33-21-18-15-12-9-6-3)52-71-62-60(59(69)58(68)56(51-64)72-62)73-57(67)50-47-44-41-38-35-32-29-25-23-20-17-14-11-8-5-2/h45,48,53-56,58-60,62,64-66,68-69H,4-44,46-47,49-52H2,1-3H3,(H,63,70)/b48-45+. The van der Waals surface area contributed by atoms with Gasteiger partial charge < -0.3 is 45.1 Å². The molecule has 8 atom stereocenters. The fraction of sp³-hybridized carbons (Fsp3) is 0.935. The normalized spacial score (nSPS) is 19.4. The molecule has 11 nitrogen and oxygen atoms in total. The topological polar surface area (TPSA) is 175 Å². The maximum absolute atomic E-state index is 13.4. The van der Waals surface area contributed by atoms with Gasteiger partial charge in [0.05, 0.1) is 25.4 Å². The van der Waals surface area contributed by atoms with Crippen LogP contribution >= 0.6 is 0 Å². The molecule has 0 saturated carbocycles. The number of aliphatic hydroxyl groups excluding tert-OH is 5. The van der Waals surface area contributed by atoms with Crippen molar-refractivity contribution in [1.29, 1.82) is 0 Å². The maximum Gasteiger partial charge on any atom is 0.306 e. The van der Waals surface area contributed by atoms with E-state index in [4.69, 9.17) is 14.2 Å². The summed E-state index contributed by atoms with van der Waals surface area (Å²) in [6.45, 7) is 5.82. The summed E-state index contributed by atoms with van der Waals surface area (Å²) >= 11 is 0. The zero-order valence-corrected chi connectivity index (χ0v) is 47.8. The molecule has 0 aromatic carbocycles. The summed E-state index contributed by atoms with van der Waals surface area (Å²) in [4.78, 5) is 26.5. The molecule has 1 aliphatic heterocycles. The van der Waals surface area contributed by atoms with E-state index in [1.165, 1.54) is 205 Å². The fourth-order valence-corrected chi connectivity index (χ4v) is 10.2. The molecule has 1 fully saturated rings. The zero-order chi connectivity index (χ0) is 53.3. The minimum absolute atomic E-state index is 0.131. The van der Waals surface area contributed by atoms with Gasteiger partial charge in [-0.05, 0) is 25.7 Å². The van der Waals surface area contributed by atoms with Gasteiger partial charge in [0.15, 0.2) is 12.4 Å². The summed E-state index contributed by atoms with van der Waals surface area (Å²) in [5.74, 6) is -1.18. The molecule has 73 heavy (non-hydrogen) atoms. The summed E-state index contributed by atoms with van der Waals surface area (Å²) in [7, 11) is 0. The SMILES string of the molecule is CCCCCCCCCCC/C=C/C(O)C(COC1OC(CO)C(O)C(O)C1OC(=O)CCCCCCCCCCCCCCCCC)NC(=O)C(O)CCCCCCCCCCCCCCCCCCCC. The number of unbranched alkanes of at least 4 members (excludes halogenated alkanes) is 40. The number of allylic oxidation sites excluding steroid dienone is 1. The molecule has 11 heteroatoms. The van der Waals surface area contributed by atoms with Crippen molar-refractivity contribution in [3.05, 3.63) is 12.2 Å². The summed E-state index contributed by atoms with van der Waals surface area (Å²) in [6.07, 6.45) is 46.8. The van der Waals surface area contributed by atoms with E-state index in [2.05, 4.69) is 26.1 Å². The Morgan fingerprint density at radius 1 is 0.521 bits per heavy atom. The van der Waals surface area contributed by atoms with Gasteiger partial charge in [0.25, 0.3) is 0 Å². The van der Waals surface area contributed by atoms with Gasteiger partial charge in [-0.2, -0.15) is 0 Å². The molecule has 6 N–H and O–H groups in total. The van der Waals surface area contributed by atoms with Gasteiger partial charge >= 0.3 is 5.97 Å². The molecular weight excluding hydrogens is 919 g/mol. The van der Waals surface area contributed by atoms with Crippen molar-refractivity contribution in [1.82, 2.24) is 5.32 Å². The number of aliphatic hydroxyl groups is 5. The lowest BCUT2D eigenvalue weighted by Crippen LogP contribution is -2.61. The smallest absolute Gasteiger partial charge is 0.306 e. The van der Waals surface area contributed by atoms with E-state index in [0.717, 1.165) is 57.8 Å². The van der Waals surface area contributed by atoms with Crippen LogP contribution in [0.5, 0.6) is 0 Å². The highest BCUT2D eigenvalue weighted by atomic mass is 16.7. The Hall–Kier alpha value is -1.60. The highest BCUT2D eigenvalue weighted by molar-refractivity contribution is 5.80. The van der Waals surface area contributed by atoms with Gasteiger partial charge in [-0.25, -0.2) is 0 Å². The first kappa shape index (κ1) is 69.4. The molecule has 0 spiro atoms. The van der Waals surface area contributed by atoms with Crippen LogP contribution in [-0.4, -0.2) is 99.6 Å². The average Bonchev–Trinajstić information content (AvgIpc) is 3.39. The molecule has 1 saturated heterocycles. The molecule has 1 aliphatic rings. The number of carbonyl (C=O) groups is 2. The number of rotatable bonds is 54. The molecule has 0 bridgehead atoms. The Morgan fingerprint density at radius 3 is 1.29 bits per heavy atom. The van der Waals surface area contributed by atoms with E-state index in [1.807, 2.05) is 6.08 Å². The maximum atomic E-state index is 13.4. The van der Waals surface area contributed by atoms with Crippen molar-refractivity contribution in [2.45, 2.75) is 359 Å². The number of carbonyl (C=O) groups excluding carboxylic acids is 2. The van der Waals surface area contributed by atoms with Crippen LogP contribution in [-0.2, 0) is 23.8 Å². The van der Waals surface area contributed by atoms with Crippen LogP contribution in [0.25, 0.3) is 0 Å². The lowest BCUT2D eigenvalue weighted by Gasteiger charge is -2.41. The fourth-order valence-electron chi connectivity index (χ4n) is 10.2. The number of hydrogen-bond acceptors (Lipinski definition) is 10. The van der Waals surface area contributed by atoms with Crippen LogP contribution in [0.4, 0.5) is 0 Å². The largest absolute Gasteiger partial charge is 0.454 e. The third-order valence-corrected chi connectivity index (χ3v) is 15.2. The molecule has 1 heterocycles. The second kappa shape index (κ2) is 51.2. The van der Waals surface area contributed by atoms with Gasteiger partial charge in [0, 0.05) is 6.42 Å². The highest BCUT2D eigenvalue weighted by Crippen LogP contribution is 2.26. The first-order valence-corrected chi connectivity index (χ1v) is 31.5. The average molecular weight is 1040 g/mol. The van der Waals surface area contributed by atoms with Crippen molar-refractivity contribution >= 4 is 11.9 Å². The van der Waals surface area contributed by atoms with E-state index in [1.54, 1.807) is 6.08 Å². The molecule has 8 unspecified atom stereocenters. The molecule has 0 aliphatic carbocycles. The zero-order valence-electron chi connectivity index (χ0n) is 47.8. The number of hydrogen-bond donors (Lipinski definition) is 6.